The number of rotatable bonds is 2. The minimum absolute atomic E-state index is 0.0357. The molecule has 0 amide bonds. The molecule has 0 aliphatic carbocycles. The van der Waals surface area contributed by atoms with Gasteiger partial charge in [0.2, 0.25) is 0 Å². The summed E-state index contributed by atoms with van der Waals surface area (Å²) in [4.78, 5) is 2.36. The molecule has 0 unspecified atom stereocenters. The van der Waals surface area contributed by atoms with E-state index in [0.717, 1.165) is 48.4 Å². The summed E-state index contributed by atoms with van der Waals surface area (Å²) in [5.74, 6) is 1.98. The number of benzene rings is 1. The Bertz CT molecular complexity index is 616. The lowest BCUT2D eigenvalue weighted by Crippen LogP contribution is -2.35. The predicted octanol–water partition coefficient (Wildman–Crippen LogP) is 4.20. The monoisotopic (exact) mass is 287 g/mol. The summed E-state index contributed by atoms with van der Waals surface area (Å²) in [6.45, 7) is 8.74. The third-order valence-corrected chi connectivity index (χ3v) is 4.20. The maximum absolute atomic E-state index is 6.14. The largest absolute Gasteiger partial charge is 0.490 e. The number of fused-ring (bicyclic) bond motifs is 1. The van der Waals surface area contributed by atoms with Crippen molar-refractivity contribution >= 4 is 11.0 Å². The molecular formula is C18H25NO2. The van der Waals surface area contributed by atoms with Crippen LogP contribution in [0.25, 0.3) is 11.0 Å². The number of nitrogens with zero attached hydrogens (tertiary/aromatic N) is 1. The average molecular weight is 287 g/mol. The molecule has 3 heteroatoms. The number of piperidine rings is 1. The quantitative estimate of drug-likeness (QED) is 0.827. The summed E-state index contributed by atoms with van der Waals surface area (Å²) in [5.41, 5.74) is 0.976. The van der Waals surface area contributed by atoms with Gasteiger partial charge in [-0.1, -0.05) is 20.8 Å². The molecule has 3 nitrogen and oxygen atoms in total. The molecule has 0 N–H and O–H groups in total. The van der Waals surface area contributed by atoms with Crippen LogP contribution in [0.15, 0.2) is 28.7 Å². The van der Waals surface area contributed by atoms with Crippen LogP contribution in [0.5, 0.6) is 5.75 Å². The normalized spacial score (nSPS) is 18.3. The Labute approximate surface area is 126 Å². The van der Waals surface area contributed by atoms with Crippen molar-refractivity contribution in [3.05, 3.63) is 30.0 Å². The van der Waals surface area contributed by atoms with Gasteiger partial charge in [0.05, 0.1) is 0 Å². The Morgan fingerprint density at radius 1 is 1.14 bits per heavy atom. The highest BCUT2D eigenvalue weighted by molar-refractivity contribution is 5.79. The molecular weight excluding hydrogens is 262 g/mol. The molecule has 21 heavy (non-hydrogen) atoms. The molecule has 0 radical (unpaired) electrons. The maximum Gasteiger partial charge on any atom is 0.134 e. The fourth-order valence-corrected chi connectivity index (χ4v) is 2.76. The van der Waals surface area contributed by atoms with Crippen molar-refractivity contribution in [3.63, 3.8) is 0 Å². The molecule has 0 bridgehead atoms. The molecule has 1 aliphatic heterocycles. The molecule has 1 saturated heterocycles. The van der Waals surface area contributed by atoms with Gasteiger partial charge in [0.25, 0.3) is 0 Å². The summed E-state index contributed by atoms with van der Waals surface area (Å²) >= 11 is 0. The van der Waals surface area contributed by atoms with Gasteiger partial charge in [0.15, 0.2) is 0 Å². The molecule has 3 rings (SSSR count). The molecule has 2 heterocycles. The first kappa shape index (κ1) is 14.5. The Morgan fingerprint density at radius 3 is 2.52 bits per heavy atom. The van der Waals surface area contributed by atoms with Crippen molar-refractivity contribution in [2.24, 2.45) is 0 Å². The van der Waals surface area contributed by atoms with Crippen LogP contribution < -0.4 is 4.74 Å². The van der Waals surface area contributed by atoms with E-state index in [2.05, 4.69) is 44.9 Å². The van der Waals surface area contributed by atoms with E-state index in [0.29, 0.717) is 6.10 Å². The highest BCUT2D eigenvalue weighted by Crippen LogP contribution is 2.31. The average Bonchev–Trinajstić information content (AvgIpc) is 2.84. The van der Waals surface area contributed by atoms with Gasteiger partial charge >= 0.3 is 0 Å². The maximum atomic E-state index is 6.14. The summed E-state index contributed by atoms with van der Waals surface area (Å²) in [7, 11) is 2.17. The van der Waals surface area contributed by atoms with E-state index in [9.17, 15) is 0 Å². The minimum Gasteiger partial charge on any atom is -0.490 e. The highest BCUT2D eigenvalue weighted by atomic mass is 16.5. The van der Waals surface area contributed by atoms with Gasteiger partial charge in [-0.05, 0) is 44.2 Å². The molecule has 114 valence electrons. The van der Waals surface area contributed by atoms with Gasteiger partial charge in [-0.25, -0.2) is 0 Å². The lowest BCUT2D eigenvalue weighted by molar-refractivity contribution is 0.114. The van der Waals surface area contributed by atoms with Crippen LogP contribution >= 0.6 is 0 Å². The lowest BCUT2D eigenvalue weighted by atomic mass is 9.93. The number of furan rings is 1. The number of ether oxygens (including phenoxy) is 1. The Hall–Kier alpha value is -1.48. The fraction of sp³-hybridized carbons (Fsp3) is 0.556. The zero-order valence-corrected chi connectivity index (χ0v) is 13.5. The molecule has 2 aromatic rings. The van der Waals surface area contributed by atoms with Crippen molar-refractivity contribution < 1.29 is 9.15 Å². The van der Waals surface area contributed by atoms with Crippen molar-refractivity contribution in [3.8, 4) is 5.75 Å². The predicted molar refractivity (Wildman–Crippen MR) is 86.1 cm³/mol. The summed E-state index contributed by atoms with van der Waals surface area (Å²) in [6, 6.07) is 8.29. The van der Waals surface area contributed by atoms with E-state index < -0.39 is 0 Å². The third-order valence-electron chi connectivity index (χ3n) is 4.20. The van der Waals surface area contributed by atoms with Crippen LogP contribution in [0.4, 0.5) is 0 Å². The fourth-order valence-electron chi connectivity index (χ4n) is 2.76. The summed E-state index contributed by atoms with van der Waals surface area (Å²) in [5, 5.41) is 1.13. The van der Waals surface area contributed by atoms with E-state index in [1.807, 2.05) is 12.1 Å². The number of hydrogen-bond donors (Lipinski definition) is 0. The number of likely N-dealkylation sites (tertiary alicyclic amines) is 1. The Kier molecular flexibility index (Phi) is 3.70. The van der Waals surface area contributed by atoms with Gasteiger partial charge in [-0.3, -0.25) is 0 Å². The minimum atomic E-state index is 0.0357. The third kappa shape index (κ3) is 3.24. The van der Waals surface area contributed by atoms with Gasteiger partial charge in [-0.2, -0.15) is 0 Å². The topological polar surface area (TPSA) is 25.6 Å². The zero-order chi connectivity index (χ0) is 15.0. The van der Waals surface area contributed by atoms with E-state index in [4.69, 9.17) is 9.15 Å². The molecule has 1 aromatic carbocycles. The van der Waals surface area contributed by atoms with E-state index in [1.165, 1.54) is 0 Å². The molecule has 1 aromatic heterocycles. The standard InChI is InChI=1S/C18H25NO2/c1-18(2,3)17-12-13-11-15(5-6-16(13)21-17)20-14-7-9-19(4)10-8-14/h5-6,11-12,14H,7-10H2,1-4H3. The second-order valence-corrected chi connectivity index (χ2v) is 7.18. The molecule has 0 spiro atoms. The van der Waals surface area contributed by atoms with Crippen molar-refractivity contribution in [2.45, 2.75) is 45.1 Å². The zero-order valence-electron chi connectivity index (χ0n) is 13.5. The second kappa shape index (κ2) is 5.38. The molecule has 0 atom stereocenters. The summed E-state index contributed by atoms with van der Waals surface area (Å²) < 4.78 is 12.1. The van der Waals surface area contributed by atoms with Crippen LogP contribution in [0.1, 0.15) is 39.4 Å². The second-order valence-electron chi connectivity index (χ2n) is 7.18. The van der Waals surface area contributed by atoms with Crippen molar-refractivity contribution in [1.82, 2.24) is 4.90 Å². The smallest absolute Gasteiger partial charge is 0.134 e. The van der Waals surface area contributed by atoms with Gasteiger partial charge in [0.1, 0.15) is 23.2 Å². The number of hydrogen-bond acceptors (Lipinski definition) is 3. The van der Waals surface area contributed by atoms with Gasteiger partial charge in [0, 0.05) is 23.9 Å². The van der Waals surface area contributed by atoms with E-state index >= 15 is 0 Å². The Balaban J connectivity index is 1.78. The lowest BCUT2D eigenvalue weighted by Gasteiger charge is -2.29. The molecule has 1 aliphatic rings. The van der Waals surface area contributed by atoms with E-state index in [-0.39, 0.29) is 5.41 Å². The van der Waals surface area contributed by atoms with Crippen LogP contribution in [-0.4, -0.2) is 31.1 Å². The first-order valence-corrected chi connectivity index (χ1v) is 7.81. The van der Waals surface area contributed by atoms with Crippen LogP contribution in [0.3, 0.4) is 0 Å². The first-order chi connectivity index (χ1) is 9.91. The van der Waals surface area contributed by atoms with Crippen LogP contribution in [-0.2, 0) is 5.41 Å². The van der Waals surface area contributed by atoms with Gasteiger partial charge < -0.3 is 14.1 Å². The van der Waals surface area contributed by atoms with Crippen LogP contribution in [0.2, 0.25) is 0 Å². The molecule has 1 fully saturated rings. The SMILES string of the molecule is CN1CCC(Oc2ccc3oc(C(C)(C)C)cc3c2)CC1. The first-order valence-electron chi connectivity index (χ1n) is 7.81. The van der Waals surface area contributed by atoms with E-state index in [1.54, 1.807) is 0 Å². The van der Waals surface area contributed by atoms with Crippen molar-refractivity contribution in [1.29, 1.82) is 0 Å². The highest BCUT2D eigenvalue weighted by Gasteiger charge is 2.20. The van der Waals surface area contributed by atoms with Crippen molar-refractivity contribution in [2.75, 3.05) is 20.1 Å². The Morgan fingerprint density at radius 2 is 1.86 bits per heavy atom. The van der Waals surface area contributed by atoms with Gasteiger partial charge in [-0.15, -0.1) is 0 Å². The van der Waals surface area contributed by atoms with Crippen LogP contribution in [0, 0.1) is 0 Å². The summed E-state index contributed by atoms with van der Waals surface area (Å²) in [6.07, 6.45) is 2.55. The molecule has 0 saturated carbocycles.